The topological polar surface area (TPSA) is 60.2 Å². The van der Waals surface area contributed by atoms with E-state index in [0.29, 0.717) is 11.4 Å². The van der Waals surface area contributed by atoms with Gasteiger partial charge >= 0.3 is 0 Å². The molecule has 90 valence electrons. The number of hydrogen-bond donors (Lipinski definition) is 1. The molecule has 4 heteroatoms. The maximum absolute atomic E-state index is 11.5. The summed E-state index contributed by atoms with van der Waals surface area (Å²) in [7, 11) is -3.15. The normalized spacial score (nSPS) is 13.8. The summed E-state index contributed by atoms with van der Waals surface area (Å²) < 4.78 is 23.1. The lowest BCUT2D eigenvalue weighted by atomic mass is 9.94. The SMILES string of the molecule is Cc1cc(S(C)(=O)=O)cc(C(C)CN)c1C. The highest BCUT2D eigenvalue weighted by Crippen LogP contribution is 2.25. The number of rotatable bonds is 3. The fourth-order valence-corrected chi connectivity index (χ4v) is 2.44. The summed E-state index contributed by atoms with van der Waals surface area (Å²) in [6, 6.07) is 3.46. The zero-order valence-corrected chi connectivity index (χ0v) is 11.1. The molecule has 1 atom stereocenters. The zero-order chi connectivity index (χ0) is 12.5. The Morgan fingerprint density at radius 2 is 1.88 bits per heavy atom. The Morgan fingerprint density at radius 3 is 2.31 bits per heavy atom. The van der Waals surface area contributed by atoms with Gasteiger partial charge in [-0.3, -0.25) is 0 Å². The Kier molecular flexibility index (Phi) is 3.76. The molecule has 0 aliphatic heterocycles. The maximum atomic E-state index is 11.5. The van der Waals surface area contributed by atoms with E-state index < -0.39 is 9.84 Å². The molecule has 0 radical (unpaired) electrons. The van der Waals surface area contributed by atoms with Gasteiger partial charge in [-0.15, -0.1) is 0 Å². The van der Waals surface area contributed by atoms with Gasteiger partial charge in [0.2, 0.25) is 0 Å². The van der Waals surface area contributed by atoms with E-state index in [1.165, 1.54) is 6.26 Å². The van der Waals surface area contributed by atoms with E-state index in [0.717, 1.165) is 16.7 Å². The summed E-state index contributed by atoms with van der Waals surface area (Å²) in [6.45, 7) is 6.46. The molecule has 0 aliphatic carbocycles. The third-order valence-corrected chi connectivity index (χ3v) is 4.09. The van der Waals surface area contributed by atoms with E-state index in [9.17, 15) is 8.42 Å². The molecule has 0 bridgehead atoms. The molecule has 0 spiro atoms. The Morgan fingerprint density at radius 1 is 1.31 bits per heavy atom. The van der Waals surface area contributed by atoms with Gasteiger partial charge in [-0.1, -0.05) is 6.92 Å². The van der Waals surface area contributed by atoms with Gasteiger partial charge in [0, 0.05) is 6.26 Å². The second kappa shape index (κ2) is 4.55. The van der Waals surface area contributed by atoms with E-state index >= 15 is 0 Å². The highest BCUT2D eigenvalue weighted by atomic mass is 32.2. The summed E-state index contributed by atoms with van der Waals surface area (Å²) in [6.07, 6.45) is 1.23. The lowest BCUT2D eigenvalue weighted by molar-refractivity contribution is 0.601. The monoisotopic (exact) mass is 241 g/mol. The smallest absolute Gasteiger partial charge is 0.175 e. The molecule has 1 unspecified atom stereocenters. The number of aryl methyl sites for hydroxylation is 1. The molecule has 0 aliphatic rings. The number of benzene rings is 1. The molecule has 0 saturated heterocycles. The van der Waals surface area contributed by atoms with E-state index in [4.69, 9.17) is 5.73 Å². The zero-order valence-electron chi connectivity index (χ0n) is 10.2. The minimum absolute atomic E-state index is 0.181. The van der Waals surface area contributed by atoms with Crippen LogP contribution in [0, 0.1) is 13.8 Å². The Hall–Kier alpha value is -0.870. The van der Waals surface area contributed by atoms with Crippen molar-refractivity contribution < 1.29 is 8.42 Å². The molecule has 3 nitrogen and oxygen atoms in total. The Bertz CT molecular complexity index is 492. The van der Waals surface area contributed by atoms with Crippen molar-refractivity contribution >= 4 is 9.84 Å². The van der Waals surface area contributed by atoms with Crippen LogP contribution in [0.3, 0.4) is 0 Å². The average Bonchev–Trinajstić information content (AvgIpc) is 2.19. The average molecular weight is 241 g/mol. The summed E-state index contributed by atoms with van der Waals surface area (Å²) >= 11 is 0. The van der Waals surface area contributed by atoms with Crippen molar-refractivity contribution in [2.45, 2.75) is 31.6 Å². The van der Waals surface area contributed by atoms with Crippen LogP contribution in [0.4, 0.5) is 0 Å². The molecule has 0 aromatic heterocycles. The third kappa shape index (κ3) is 2.62. The number of hydrogen-bond acceptors (Lipinski definition) is 3. The van der Waals surface area contributed by atoms with E-state index in [1.807, 2.05) is 20.8 Å². The lowest BCUT2D eigenvalue weighted by Crippen LogP contribution is -2.12. The molecular weight excluding hydrogens is 222 g/mol. The van der Waals surface area contributed by atoms with E-state index in [2.05, 4.69) is 0 Å². The van der Waals surface area contributed by atoms with E-state index in [1.54, 1.807) is 12.1 Å². The minimum atomic E-state index is -3.15. The van der Waals surface area contributed by atoms with Crippen molar-refractivity contribution in [1.29, 1.82) is 0 Å². The minimum Gasteiger partial charge on any atom is -0.330 e. The molecule has 1 rings (SSSR count). The van der Waals surface area contributed by atoms with Crippen LogP contribution in [-0.2, 0) is 9.84 Å². The van der Waals surface area contributed by atoms with Crippen LogP contribution in [-0.4, -0.2) is 21.2 Å². The largest absolute Gasteiger partial charge is 0.330 e. The molecule has 1 aromatic carbocycles. The summed E-state index contributed by atoms with van der Waals surface area (Å²) in [4.78, 5) is 0.380. The molecule has 2 N–H and O–H groups in total. The predicted octanol–water partition coefficient (Wildman–Crippen LogP) is 1.77. The van der Waals surface area contributed by atoms with Crippen LogP contribution in [0.5, 0.6) is 0 Å². The van der Waals surface area contributed by atoms with Crippen LogP contribution >= 0.6 is 0 Å². The highest BCUT2D eigenvalue weighted by Gasteiger charge is 2.14. The van der Waals surface area contributed by atoms with E-state index in [-0.39, 0.29) is 5.92 Å². The second-order valence-corrected chi connectivity index (χ2v) is 6.38. The maximum Gasteiger partial charge on any atom is 0.175 e. The highest BCUT2D eigenvalue weighted by molar-refractivity contribution is 7.90. The van der Waals surface area contributed by atoms with Gasteiger partial charge in [0.1, 0.15) is 0 Å². The van der Waals surface area contributed by atoms with Crippen molar-refractivity contribution in [1.82, 2.24) is 0 Å². The summed E-state index contributed by atoms with van der Waals surface area (Å²) in [5, 5.41) is 0. The molecule has 16 heavy (non-hydrogen) atoms. The van der Waals surface area contributed by atoms with Gasteiger partial charge in [-0.2, -0.15) is 0 Å². The van der Waals surface area contributed by atoms with Crippen LogP contribution in [0.15, 0.2) is 17.0 Å². The standard InChI is InChI=1S/C12H19NO2S/c1-8-5-11(16(4,14)15)6-12(10(8)3)9(2)7-13/h5-6,9H,7,13H2,1-4H3. The molecular formula is C12H19NO2S. The Balaban J connectivity index is 3.45. The first-order valence-corrected chi connectivity index (χ1v) is 7.17. The van der Waals surface area contributed by atoms with Crippen molar-refractivity contribution in [2.24, 2.45) is 5.73 Å². The first-order valence-electron chi connectivity index (χ1n) is 5.28. The third-order valence-electron chi connectivity index (χ3n) is 2.99. The first kappa shape index (κ1) is 13.2. The lowest BCUT2D eigenvalue weighted by Gasteiger charge is -2.16. The van der Waals surface area contributed by atoms with Gasteiger partial charge in [0.15, 0.2) is 9.84 Å². The molecule has 0 heterocycles. The molecule has 1 aromatic rings. The molecule has 0 saturated carbocycles. The van der Waals surface area contributed by atoms with Gasteiger partial charge in [-0.25, -0.2) is 8.42 Å². The van der Waals surface area contributed by atoms with Crippen molar-refractivity contribution in [3.8, 4) is 0 Å². The quantitative estimate of drug-likeness (QED) is 0.877. The van der Waals surface area contributed by atoms with Gasteiger partial charge in [-0.05, 0) is 55.1 Å². The van der Waals surface area contributed by atoms with Crippen LogP contribution in [0.2, 0.25) is 0 Å². The summed E-state index contributed by atoms with van der Waals surface area (Å²) in [5.74, 6) is 0.181. The van der Waals surface area contributed by atoms with Crippen molar-refractivity contribution in [2.75, 3.05) is 12.8 Å². The fraction of sp³-hybridized carbons (Fsp3) is 0.500. The van der Waals surface area contributed by atoms with Crippen molar-refractivity contribution in [3.63, 3.8) is 0 Å². The van der Waals surface area contributed by atoms with Gasteiger partial charge in [0.25, 0.3) is 0 Å². The van der Waals surface area contributed by atoms with Gasteiger partial charge in [0.05, 0.1) is 4.90 Å². The number of sulfone groups is 1. The first-order chi connectivity index (χ1) is 7.27. The molecule has 0 amide bonds. The molecule has 0 fully saturated rings. The van der Waals surface area contributed by atoms with Crippen LogP contribution in [0.1, 0.15) is 29.5 Å². The predicted molar refractivity (Wildman–Crippen MR) is 66.5 cm³/mol. The number of nitrogens with two attached hydrogens (primary N) is 1. The van der Waals surface area contributed by atoms with Crippen molar-refractivity contribution in [3.05, 3.63) is 28.8 Å². The second-order valence-electron chi connectivity index (χ2n) is 4.36. The fourth-order valence-electron chi connectivity index (χ4n) is 1.71. The van der Waals surface area contributed by atoms with Crippen LogP contribution in [0.25, 0.3) is 0 Å². The van der Waals surface area contributed by atoms with Gasteiger partial charge < -0.3 is 5.73 Å². The van der Waals surface area contributed by atoms with Crippen LogP contribution < -0.4 is 5.73 Å². The summed E-state index contributed by atoms with van der Waals surface area (Å²) in [5.41, 5.74) is 8.79. The Labute approximate surface area is 97.6 Å².